The van der Waals surface area contributed by atoms with E-state index in [9.17, 15) is 23.5 Å². The Labute approximate surface area is 242 Å². The van der Waals surface area contributed by atoms with E-state index in [4.69, 9.17) is 0 Å². The third kappa shape index (κ3) is 7.91. The number of aromatic nitrogens is 1. The number of rotatable bonds is 12. The fraction of sp³-hybridized carbons (Fsp3) is 0.219. The van der Waals surface area contributed by atoms with Crippen molar-refractivity contribution in [1.29, 1.82) is 0 Å². The Morgan fingerprint density at radius 3 is 2.34 bits per heavy atom. The molecule has 6 nitrogen and oxygen atoms in total. The monoisotopic (exact) mass is 575 g/mol. The van der Waals surface area contributed by atoms with Crippen molar-refractivity contribution >= 4 is 29.3 Å². The third-order valence-corrected chi connectivity index (χ3v) is 7.30. The molecule has 4 aromatic rings. The number of benzene rings is 3. The SMILES string of the molecule is CSCC[C@H](NC(=O)c1ccc(CN(Cc2cc(F)cc(F)c2)c2cccnc2)cc1-c1ccccc1C)C(=O)O. The highest BCUT2D eigenvalue weighted by Gasteiger charge is 2.23. The van der Waals surface area contributed by atoms with Crippen molar-refractivity contribution in [1.82, 2.24) is 10.3 Å². The second-order valence-electron chi connectivity index (χ2n) is 9.69. The van der Waals surface area contributed by atoms with Gasteiger partial charge in [-0.3, -0.25) is 9.78 Å². The highest BCUT2D eigenvalue weighted by atomic mass is 32.2. The number of carbonyl (C=O) groups is 2. The second-order valence-corrected chi connectivity index (χ2v) is 10.7. The highest BCUT2D eigenvalue weighted by Crippen LogP contribution is 2.30. The van der Waals surface area contributed by atoms with Crippen molar-refractivity contribution in [3.8, 4) is 11.1 Å². The maximum atomic E-state index is 14.0. The Kier molecular flexibility index (Phi) is 10.1. The molecule has 9 heteroatoms. The Hall–Kier alpha value is -4.24. The lowest BCUT2D eigenvalue weighted by Crippen LogP contribution is -2.41. The maximum absolute atomic E-state index is 14.0. The number of hydrogen-bond donors (Lipinski definition) is 2. The molecular weight excluding hydrogens is 544 g/mol. The van der Waals surface area contributed by atoms with Crippen LogP contribution in [0.5, 0.6) is 0 Å². The van der Waals surface area contributed by atoms with Gasteiger partial charge >= 0.3 is 5.97 Å². The molecular formula is C32H31F2N3O3S. The first-order valence-electron chi connectivity index (χ1n) is 13.1. The predicted octanol–water partition coefficient (Wildman–Crippen LogP) is 6.48. The van der Waals surface area contributed by atoms with Gasteiger partial charge in [0.05, 0.1) is 11.9 Å². The van der Waals surface area contributed by atoms with Crippen molar-refractivity contribution in [2.75, 3.05) is 16.9 Å². The summed E-state index contributed by atoms with van der Waals surface area (Å²) in [5, 5.41) is 12.3. The van der Waals surface area contributed by atoms with Gasteiger partial charge < -0.3 is 15.3 Å². The van der Waals surface area contributed by atoms with E-state index in [0.29, 0.717) is 35.4 Å². The molecule has 0 saturated heterocycles. The van der Waals surface area contributed by atoms with Gasteiger partial charge in [0.1, 0.15) is 17.7 Å². The normalized spacial score (nSPS) is 11.6. The molecule has 0 spiro atoms. The smallest absolute Gasteiger partial charge is 0.326 e. The van der Waals surface area contributed by atoms with E-state index in [1.807, 2.05) is 60.5 Å². The first kappa shape index (κ1) is 29.7. The van der Waals surface area contributed by atoms with E-state index in [1.54, 1.807) is 24.5 Å². The van der Waals surface area contributed by atoms with Crippen LogP contribution in [-0.2, 0) is 17.9 Å². The van der Waals surface area contributed by atoms with Crippen LogP contribution in [0.4, 0.5) is 14.5 Å². The largest absolute Gasteiger partial charge is 0.480 e. The summed E-state index contributed by atoms with van der Waals surface area (Å²) < 4.78 is 27.9. The Balaban J connectivity index is 1.72. The summed E-state index contributed by atoms with van der Waals surface area (Å²) in [6.45, 7) is 2.52. The Bertz CT molecular complexity index is 1500. The number of carbonyl (C=O) groups excluding carboxylic acids is 1. The molecule has 0 unspecified atom stereocenters. The van der Waals surface area contributed by atoms with Gasteiger partial charge in [0.2, 0.25) is 0 Å². The minimum atomic E-state index is -1.08. The number of aliphatic carboxylic acids is 1. The molecule has 2 N–H and O–H groups in total. The number of thioether (sulfide) groups is 1. The second kappa shape index (κ2) is 13.9. The van der Waals surface area contributed by atoms with Gasteiger partial charge in [-0.15, -0.1) is 0 Å². The van der Waals surface area contributed by atoms with Crippen molar-refractivity contribution in [3.63, 3.8) is 0 Å². The van der Waals surface area contributed by atoms with Crippen molar-refractivity contribution in [2.45, 2.75) is 32.5 Å². The van der Waals surface area contributed by atoms with Crippen molar-refractivity contribution in [3.05, 3.63) is 119 Å². The topological polar surface area (TPSA) is 82.5 Å². The summed E-state index contributed by atoms with van der Waals surface area (Å²) in [6, 6.07) is 19.2. The van der Waals surface area contributed by atoms with Crippen LogP contribution < -0.4 is 10.2 Å². The average molecular weight is 576 g/mol. The van der Waals surface area contributed by atoms with E-state index in [0.717, 1.165) is 28.4 Å². The minimum Gasteiger partial charge on any atom is -0.480 e. The molecule has 3 aromatic carbocycles. The number of amides is 1. The summed E-state index contributed by atoms with van der Waals surface area (Å²) in [6.07, 6.45) is 5.52. The molecule has 4 rings (SSSR count). The molecule has 0 aliphatic heterocycles. The summed E-state index contributed by atoms with van der Waals surface area (Å²) in [5.41, 5.74) is 4.89. The summed E-state index contributed by atoms with van der Waals surface area (Å²) >= 11 is 1.51. The number of carboxylic acids is 1. The van der Waals surface area contributed by atoms with E-state index < -0.39 is 29.6 Å². The van der Waals surface area contributed by atoms with Crippen LogP contribution in [0.2, 0.25) is 0 Å². The molecule has 0 radical (unpaired) electrons. The molecule has 1 heterocycles. The van der Waals surface area contributed by atoms with Crippen LogP contribution in [0.1, 0.15) is 33.5 Å². The number of nitrogens with zero attached hydrogens (tertiary/aromatic N) is 2. The molecule has 1 aromatic heterocycles. The number of hydrogen-bond acceptors (Lipinski definition) is 5. The van der Waals surface area contributed by atoms with Gasteiger partial charge in [-0.1, -0.05) is 30.3 Å². The van der Waals surface area contributed by atoms with E-state index in [-0.39, 0.29) is 6.54 Å². The number of nitrogens with one attached hydrogen (secondary N) is 1. The van der Waals surface area contributed by atoms with Crippen LogP contribution in [0.3, 0.4) is 0 Å². The first-order valence-corrected chi connectivity index (χ1v) is 14.5. The van der Waals surface area contributed by atoms with Gasteiger partial charge in [-0.2, -0.15) is 11.8 Å². The average Bonchev–Trinajstić information content (AvgIpc) is 2.95. The number of halogens is 2. The lowest BCUT2D eigenvalue weighted by Gasteiger charge is -2.26. The molecule has 0 bridgehead atoms. The van der Waals surface area contributed by atoms with Gasteiger partial charge in [0.15, 0.2) is 0 Å². The number of anilines is 1. The summed E-state index contributed by atoms with van der Waals surface area (Å²) in [7, 11) is 0. The van der Waals surface area contributed by atoms with Gasteiger partial charge in [-0.25, -0.2) is 13.6 Å². The van der Waals surface area contributed by atoms with E-state index in [2.05, 4.69) is 10.3 Å². The van der Waals surface area contributed by atoms with Crippen LogP contribution in [-0.4, -0.2) is 40.0 Å². The zero-order valence-corrected chi connectivity index (χ0v) is 23.6. The fourth-order valence-electron chi connectivity index (χ4n) is 4.64. The van der Waals surface area contributed by atoms with Crippen molar-refractivity contribution < 1.29 is 23.5 Å². The maximum Gasteiger partial charge on any atom is 0.326 e. The molecule has 0 fully saturated rings. The van der Waals surface area contributed by atoms with Crippen LogP contribution in [0, 0.1) is 18.6 Å². The quantitative estimate of drug-likeness (QED) is 0.201. The molecule has 0 aliphatic rings. The lowest BCUT2D eigenvalue weighted by atomic mass is 9.93. The molecule has 212 valence electrons. The van der Waals surface area contributed by atoms with E-state index in [1.165, 1.54) is 23.9 Å². The summed E-state index contributed by atoms with van der Waals surface area (Å²) in [5.74, 6) is -2.26. The van der Waals surface area contributed by atoms with Crippen LogP contribution in [0.25, 0.3) is 11.1 Å². The zero-order valence-electron chi connectivity index (χ0n) is 22.8. The lowest BCUT2D eigenvalue weighted by molar-refractivity contribution is -0.139. The zero-order chi connectivity index (χ0) is 29.4. The molecule has 0 saturated carbocycles. The first-order chi connectivity index (χ1) is 19.7. The van der Waals surface area contributed by atoms with Gasteiger partial charge in [-0.05, 0) is 89.6 Å². The van der Waals surface area contributed by atoms with Crippen LogP contribution in [0.15, 0.2) is 85.2 Å². The highest BCUT2D eigenvalue weighted by molar-refractivity contribution is 7.98. The third-order valence-electron chi connectivity index (χ3n) is 6.66. The molecule has 41 heavy (non-hydrogen) atoms. The van der Waals surface area contributed by atoms with Crippen molar-refractivity contribution in [2.24, 2.45) is 0 Å². The Morgan fingerprint density at radius 1 is 0.951 bits per heavy atom. The standard InChI is InChI=1S/C32H31F2N3O3S/c1-21-6-3-4-8-27(21)29-16-22(9-10-28(29)31(38)36-30(32(39)40)11-13-41-2)19-37(26-7-5-12-35-18-26)20-23-14-24(33)17-25(34)15-23/h3-10,12,14-18,30H,11,13,19-20H2,1-2H3,(H,36,38)(H,39,40)/t30-/m0/s1. The van der Waals surface area contributed by atoms with Gasteiger partial charge in [0.25, 0.3) is 5.91 Å². The Morgan fingerprint density at radius 2 is 1.68 bits per heavy atom. The fourth-order valence-corrected chi connectivity index (χ4v) is 5.11. The van der Waals surface area contributed by atoms with Gasteiger partial charge in [0, 0.05) is 30.9 Å². The molecule has 0 aliphatic carbocycles. The van der Waals surface area contributed by atoms with Crippen LogP contribution >= 0.6 is 11.8 Å². The summed E-state index contributed by atoms with van der Waals surface area (Å²) in [4.78, 5) is 31.4. The number of aryl methyl sites for hydroxylation is 1. The minimum absolute atomic E-state index is 0.220. The molecule has 1 atom stereocenters. The number of carboxylic acid groups (broad SMARTS) is 1. The predicted molar refractivity (Wildman–Crippen MR) is 159 cm³/mol. The van der Waals surface area contributed by atoms with E-state index >= 15 is 0 Å². The number of pyridine rings is 1. The molecule has 1 amide bonds.